The Morgan fingerprint density at radius 1 is 1.09 bits per heavy atom. The van der Waals surface area contributed by atoms with Gasteiger partial charge in [0.2, 0.25) is 5.95 Å². The van der Waals surface area contributed by atoms with E-state index < -0.39 is 0 Å². The van der Waals surface area contributed by atoms with E-state index in [9.17, 15) is 0 Å². The average molecular weight is 304 g/mol. The van der Waals surface area contributed by atoms with Crippen molar-refractivity contribution in [3.05, 3.63) is 54.4 Å². The van der Waals surface area contributed by atoms with E-state index in [2.05, 4.69) is 31.2 Å². The molecule has 0 aliphatic rings. The van der Waals surface area contributed by atoms with Crippen LogP contribution in [0, 0.1) is 0 Å². The first-order valence-electron chi connectivity index (χ1n) is 7.52. The van der Waals surface area contributed by atoms with Crippen molar-refractivity contribution in [2.24, 2.45) is 0 Å². The SMILES string of the molecule is CN(CCc1cccnc1)c1nnc2c(n1)[nH]c1ccccc12. The van der Waals surface area contributed by atoms with Crippen LogP contribution in [0.5, 0.6) is 0 Å². The van der Waals surface area contributed by atoms with Crippen molar-refractivity contribution in [3.63, 3.8) is 0 Å². The number of rotatable bonds is 4. The fourth-order valence-electron chi connectivity index (χ4n) is 2.62. The van der Waals surface area contributed by atoms with Gasteiger partial charge in [-0.15, -0.1) is 10.2 Å². The van der Waals surface area contributed by atoms with Gasteiger partial charge in [0.05, 0.1) is 0 Å². The highest BCUT2D eigenvalue weighted by molar-refractivity contribution is 6.03. The van der Waals surface area contributed by atoms with E-state index in [4.69, 9.17) is 0 Å². The zero-order chi connectivity index (χ0) is 15.6. The fraction of sp³-hybridized carbons (Fsp3) is 0.176. The van der Waals surface area contributed by atoms with E-state index in [-0.39, 0.29) is 0 Å². The van der Waals surface area contributed by atoms with Crippen molar-refractivity contribution in [1.29, 1.82) is 0 Å². The lowest BCUT2D eigenvalue weighted by atomic mass is 10.2. The lowest BCUT2D eigenvalue weighted by Crippen LogP contribution is -2.23. The number of fused-ring (bicyclic) bond motifs is 3. The molecule has 1 N–H and O–H groups in total. The number of H-pyrrole nitrogens is 1. The molecule has 114 valence electrons. The number of aromatic amines is 1. The molecule has 0 saturated heterocycles. The van der Waals surface area contributed by atoms with Crippen LogP contribution in [-0.4, -0.2) is 38.7 Å². The van der Waals surface area contributed by atoms with E-state index in [1.807, 2.05) is 48.5 Å². The van der Waals surface area contributed by atoms with E-state index in [1.165, 1.54) is 5.56 Å². The quantitative estimate of drug-likeness (QED) is 0.627. The zero-order valence-corrected chi connectivity index (χ0v) is 12.8. The summed E-state index contributed by atoms with van der Waals surface area (Å²) >= 11 is 0. The number of hydrogen-bond donors (Lipinski definition) is 1. The van der Waals surface area contributed by atoms with Gasteiger partial charge < -0.3 is 9.88 Å². The van der Waals surface area contributed by atoms with Gasteiger partial charge in [-0.25, -0.2) is 0 Å². The zero-order valence-electron chi connectivity index (χ0n) is 12.8. The number of aromatic nitrogens is 5. The highest BCUT2D eigenvalue weighted by Crippen LogP contribution is 2.22. The Labute approximate surface area is 133 Å². The number of nitrogens with one attached hydrogen (secondary N) is 1. The van der Waals surface area contributed by atoms with Crippen molar-refractivity contribution < 1.29 is 0 Å². The van der Waals surface area contributed by atoms with Crippen LogP contribution in [0.2, 0.25) is 0 Å². The van der Waals surface area contributed by atoms with Crippen LogP contribution in [0.15, 0.2) is 48.8 Å². The van der Waals surface area contributed by atoms with Crippen LogP contribution in [0.25, 0.3) is 22.1 Å². The Bertz CT molecular complexity index is 947. The van der Waals surface area contributed by atoms with Gasteiger partial charge in [-0.05, 0) is 24.1 Å². The number of benzene rings is 1. The van der Waals surface area contributed by atoms with Crippen LogP contribution < -0.4 is 4.90 Å². The van der Waals surface area contributed by atoms with Gasteiger partial charge in [-0.1, -0.05) is 24.3 Å². The van der Waals surface area contributed by atoms with Gasteiger partial charge >= 0.3 is 0 Å². The minimum absolute atomic E-state index is 0.618. The van der Waals surface area contributed by atoms with Gasteiger partial charge in [0, 0.05) is 36.9 Å². The molecule has 0 bridgehead atoms. The van der Waals surface area contributed by atoms with Crippen molar-refractivity contribution in [2.45, 2.75) is 6.42 Å². The monoisotopic (exact) mass is 304 g/mol. The average Bonchev–Trinajstić information content (AvgIpc) is 2.98. The smallest absolute Gasteiger partial charge is 0.247 e. The van der Waals surface area contributed by atoms with Crippen molar-refractivity contribution in [2.75, 3.05) is 18.5 Å². The third-order valence-corrected chi connectivity index (χ3v) is 3.91. The molecule has 0 aliphatic carbocycles. The van der Waals surface area contributed by atoms with Crippen molar-refractivity contribution in [1.82, 2.24) is 25.1 Å². The lowest BCUT2D eigenvalue weighted by Gasteiger charge is -2.15. The summed E-state index contributed by atoms with van der Waals surface area (Å²) in [6, 6.07) is 12.0. The Balaban J connectivity index is 1.59. The second kappa shape index (κ2) is 5.64. The summed E-state index contributed by atoms with van der Waals surface area (Å²) < 4.78 is 0. The first kappa shape index (κ1) is 13.6. The maximum absolute atomic E-state index is 4.61. The predicted molar refractivity (Wildman–Crippen MR) is 90.4 cm³/mol. The van der Waals surface area contributed by atoms with Gasteiger partial charge in [0.25, 0.3) is 0 Å². The Morgan fingerprint density at radius 3 is 2.87 bits per heavy atom. The molecule has 1 aromatic carbocycles. The molecule has 0 radical (unpaired) electrons. The predicted octanol–water partition coefficient (Wildman–Crippen LogP) is 2.58. The molecule has 0 saturated carbocycles. The molecule has 6 heteroatoms. The summed E-state index contributed by atoms with van der Waals surface area (Å²) in [5, 5.41) is 9.67. The van der Waals surface area contributed by atoms with E-state index in [0.717, 1.165) is 35.0 Å². The summed E-state index contributed by atoms with van der Waals surface area (Å²) in [7, 11) is 1.97. The molecule has 0 amide bonds. The van der Waals surface area contributed by atoms with Crippen molar-refractivity contribution >= 4 is 28.0 Å². The third-order valence-electron chi connectivity index (χ3n) is 3.91. The lowest BCUT2D eigenvalue weighted by molar-refractivity contribution is 0.820. The van der Waals surface area contributed by atoms with Gasteiger partial charge in [-0.3, -0.25) is 4.98 Å². The Kier molecular flexibility index (Phi) is 3.34. The third kappa shape index (κ3) is 2.59. The second-order valence-electron chi connectivity index (χ2n) is 5.51. The minimum Gasteiger partial charge on any atom is -0.342 e. The van der Waals surface area contributed by atoms with Crippen LogP contribution in [-0.2, 0) is 6.42 Å². The van der Waals surface area contributed by atoms with Crippen LogP contribution in [0.4, 0.5) is 5.95 Å². The van der Waals surface area contributed by atoms with Gasteiger partial charge in [0.15, 0.2) is 5.65 Å². The number of likely N-dealkylation sites (N-methyl/N-ethyl adjacent to an activating group) is 1. The summed E-state index contributed by atoms with van der Waals surface area (Å²) in [4.78, 5) is 14.0. The highest BCUT2D eigenvalue weighted by atomic mass is 15.3. The minimum atomic E-state index is 0.618. The topological polar surface area (TPSA) is 70.6 Å². The number of hydrogen-bond acceptors (Lipinski definition) is 5. The largest absolute Gasteiger partial charge is 0.342 e. The fourth-order valence-corrected chi connectivity index (χ4v) is 2.62. The molecular weight excluding hydrogens is 288 g/mol. The Morgan fingerprint density at radius 2 is 2.00 bits per heavy atom. The highest BCUT2D eigenvalue weighted by Gasteiger charge is 2.11. The van der Waals surface area contributed by atoms with E-state index in [1.54, 1.807) is 6.20 Å². The second-order valence-corrected chi connectivity index (χ2v) is 5.51. The van der Waals surface area contributed by atoms with Crippen LogP contribution >= 0.6 is 0 Å². The first-order valence-corrected chi connectivity index (χ1v) is 7.52. The molecule has 4 aromatic rings. The molecule has 4 rings (SSSR count). The molecule has 0 spiro atoms. The van der Waals surface area contributed by atoms with Crippen molar-refractivity contribution in [3.8, 4) is 0 Å². The molecular formula is C17H16N6. The molecule has 0 unspecified atom stereocenters. The summed E-state index contributed by atoms with van der Waals surface area (Å²) in [6.07, 6.45) is 4.55. The number of pyridine rings is 1. The van der Waals surface area contributed by atoms with Gasteiger partial charge in [-0.2, -0.15) is 4.98 Å². The standard InChI is InChI=1S/C17H16N6/c1-23(10-8-12-5-4-9-18-11-12)17-20-16-15(21-22-17)13-6-2-3-7-14(13)19-16/h2-7,9,11H,8,10H2,1H3,(H,19,20,22). The maximum Gasteiger partial charge on any atom is 0.247 e. The molecule has 0 aliphatic heterocycles. The summed E-state index contributed by atoms with van der Waals surface area (Å²) in [5.74, 6) is 0.618. The molecule has 23 heavy (non-hydrogen) atoms. The summed E-state index contributed by atoms with van der Waals surface area (Å²) in [6.45, 7) is 0.805. The molecule has 3 heterocycles. The van der Waals surface area contributed by atoms with E-state index >= 15 is 0 Å². The molecule has 6 nitrogen and oxygen atoms in total. The normalized spacial score (nSPS) is 11.2. The number of nitrogens with zero attached hydrogens (tertiary/aromatic N) is 5. The Hall–Kier alpha value is -3.02. The van der Waals surface area contributed by atoms with Gasteiger partial charge in [0.1, 0.15) is 5.52 Å². The molecule has 0 atom stereocenters. The van der Waals surface area contributed by atoms with E-state index in [0.29, 0.717) is 5.95 Å². The van der Waals surface area contributed by atoms with Crippen LogP contribution in [0.1, 0.15) is 5.56 Å². The summed E-state index contributed by atoms with van der Waals surface area (Å²) in [5.41, 5.74) is 3.80. The molecule has 0 fully saturated rings. The molecule has 3 aromatic heterocycles. The van der Waals surface area contributed by atoms with Crippen LogP contribution in [0.3, 0.4) is 0 Å². The first-order chi connectivity index (χ1) is 11.3. The number of para-hydroxylation sites is 1. The maximum atomic E-state index is 4.61. The number of anilines is 1.